The fraction of sp³-hybridized carbons (Fsp3) is 0.571. The molecule has 8 heteroatoms. The van der Waals surface area contributed by atoms with Gasteiger partial charge in [-0.2, -0.15) is 5.10 Å². The van der Waals surface area contributed by atoms with Gasteiger partial charge >= 0.3 is 0 Å². The average molecular weight is 399 g/mol. The molecule has 0 bridgehead atoms. The van der Waals surface area contributed by atoms with E-state index in [1.165, 1.54) is 12.8 Å². The van der Waals surface area contributed by atoms with Crippen LogP contribution in [0.25, 0.3) is 0 Å². The zero-order chi connectivity index (χ0) is 20.2. The van der Waals surface area contributed by atoms with E-state index < -0.39 is 0 Å². The summed E-state index contributed by atoms with van der Waals surface area (Å²) >= 11 is 0. The Labute approximate surface area is 171 Å². The van der Waals surface area contributed by atoms with Crippen LogP contribution in [-0.4, -0.2) is 56.7 Å². The monoisotopic (exact) mass is 398 g/mol. The summed E-state index contributed by atoms with van der Waals surface area (Å²) in [5, 5.41) is 10.2. The molecule has 2 amide bonds. The third-order valence-electron chi connectivity index (χ3n) is 5.95. The van der Waals surface area contributed by atoms with E-state index in [9.17, 15) is 9.59 Å². The first-order chi connectivity index (χ1) is 14.1. The molecular formula is C21H30N6O2. The molecule has 4 rings (SSSR count). The van der Waals surface area contributed by atoms with Crippen molar-refractivity contribution in [2.45, 2.75) is 50.7 Å². The van der Waals surface area contributed by atoms with Crippen LogP contribution in [0.5, 0.6) is 0 Å². The minimum absolute atomic E-state index is 0.0703. The number of aromatic nitrogens is 3. The molecule has 29 heavy (non-hydrogen) atoms. The molecule has 2 aromatic heterocycles. The molecule has 0 unspecified atom stereocenters. The molecule has 0 spiro atoms. The first-order valence-electron chi connectivity index (χ1n) is 10.5. The van der Waals surface area contributed by atoms with E-state index in [1.54, 1.807) is 23.1 Å². The normalized spacial score (nSPS) is 22.0. The van der Waals surface area contributed by atoms with Crippen LogP contribution in [0.2, 0.25) is 0 Å². The van der Waals surface area contributed by atoms with Gasteiger partial charge in [0.15, 0.2) is 0 Å². The standard InChI is InChI=1S/C21H30N6O2/c1-26-13-16(11-25-26)10-23-20(28)9-17-6-7-18(27(17)14-15-4-5-15)12-24-21(29)19-3-2-8-22-19/h2-3,8,11,13,15,17-18,22H,4-7,9-10,12,14H2,1H3,(H,23,28)(H,24,29)/t17-,18+/m1/s1. The summed E-state index contributed by atoms with van der Waals surface area (Å²) in [6.45, 7) is 2.17. The second kappa shape index (κ2) is 8.82. The van der Waals surface area contributed by atoms with Gasteiger partial charge < -0.3 is 15.6 Å². The van der Waals surface area contributed by atoms with Gasteiger partial charge in [0.25, 0.3) is 5.91 Å². The molecular weight excluding hydrogens is 368 g/mol. The summed E-state index contributed by atoms with van der Waals surface area (Å²) in [5.41, 5.74) is 1.59. The Kier molecular flexibility index (Phi) is 5.99. The number of hydrogen-bond acceptors (Lipinski definition) is 4. The highest BCUT2D eigenvalue weighted by Gasteiger charge is 2.38. The first-order valence-corrected chi connectivity index (χ1v) is 10.5. The molecule has 156 valence electrons. The lowest BCUT2D eigenvalue weighted by Crippen LogP contribution is -2.45. The van der Waals surface area contributed by atoms with Crippen molar-refractivity contribution in [2.24, 2.45) is 13.0 Å². The van der Waals surface area contributed by atoms with Crippen molar-refractivity contribution >= 4 is 11.8 Å². The molecule has 1 aliphatic heterocycles. The quantitative estimate of drug-likeness (QED) is 0.595. The van der Waals surface area contributed by atoms with Crippen molar-refractivity contribution in [1.82, 2.24) is 30.3 Å². The molecule has 0 radical (unpaired) electrons. The molecule has 0 aromatic carbocycles. The van der Waals surface area contributed by atoms with E-state index in [0.29, 0.717) is 31.2 Å². The zero-order valence-electron chi connectivity index (χ0n) is 16.9. The maximum Gasteiger partial charge on any atom is 0.267 e. The molecule has 8 nitrogen and oxygen atoms in total. The molecule has 3 N–H and O–H groups in total. The third-order valence-corrected chi connectivity index (χ3v) is 5.95. The number of aryl methyl sites for hydroxylation is 1. The smallest absolute Gasteiger partial charge is 0.267 e. The van der Waals surface area contributed by atoms with Gasteiger partial charge in [-0.25, -0.2) is 0 Å². The number of carbonyl (C=O) groups is 2. The Morgan fingerprint density at radius 3 is 2.72 bits per heavy atom. The third kappa shape index (κ3) is 5.26. The highest BCUT2D eigenvalue weighted by molar-refractivity contribution is 5.92. The summed E-state index contributed by atoms with van der Waals surface area (Å²) in [7, 11) is 1.87. The van der Waals surface area contributed by atoms with E-state index >= 15 is 0 Å². The highest BCUT2D eigenvalue weighted by Crippen LogP contribution is 2.35. The van der Waals surface area contributed by atoms with Gasteiger partial charge in [0.1, 0.15) is 5.69 Å². The van der Waals surface area contributed by atoms with Crippen molar-refractivity contribution in [2.75, 3.05) is 13.1 Å². The summed E-state index contributed by atoms with van der Waals surface area (Å²) < 4.78 is 1.74. The van der Waals surface area contributed by atoms with Crippen LogP contribution >= 0.6 is 0 Å². The molecule has 2 fully saturated rings. The number of H-pyrrole nitrogens is 1. The van der Waals surface area contributed by atoms with Gasteiger partial charge in [-0.05, 0) is 43.7 Å². The van der Waals surface area contributed by atoms with Crippen LogP contribution in [0.4, 0.5) is 0 Å². The Morgan fingerprint density at radius 1 is 1.21 bits per heavy atom. The highest BCUT2D eigenvalue weighted by atomic mass is 16.2. The number of rotatable bonds is 9. The maximum absolute atomic E-state index is 12.5. The predicted octanol–water partition coefficient (Wildman–Crippen LogP) is 1.43. The average Bonchev–Trinajstić information content (AvgIpc) is 3.09. The fourth-order valence-electron chi connectivity index (χ4n) is 4.18. The Balaban J connectivity index is 1.29. The molecule has 3 heterocycles. The second-order valence-electron chi connectivity index (χ2n) is 8.32. The molecule has 1 saturated heterocycles. The number of carbonyl (C=O) groups excluding carboxylic acids is 2. The number of amides is 2. The van der Waals surface area contributed by atoms with E-state index in [-0.39, 0.29) is 17.9 Å². The topological polar surface area (TPSA) is 95.0 Å². The molecule has 2 aromatic rings. The number of nitrogens with one attached hydrogen (secondary N) is 3. The maximum atomic E-state index is 12.5. The lowest BCUT2D eigenvalue weighted by atomic mass is 10.1. The molecule has 1 saturated carbocycles. The van der Waals surface area contributed by atoms with Gasteiger partial charge in [-0.1, -0.05) is 0 Å². The van der Waals surface area contributed by atoms with Crippen LogP contribution in [-0.2, 0) is 18.4 Å². The second-order valence-corrected chi connectivity index (χ2v) is 8.32. The van der Waals surface area contributed by atoms with Gasteiger partial charge in [0, 0.05) is 63.1 Å². The SMILES string of the molecule is Cn1cc(CNC(=O)C[C@H]2CC[C@@H](CNC(=O)c3ccc[nH]3)N2CC2CC2)cn1. The minimum Gasteiger partial charge on any atom is -0.357 e. The van der Waals surface area contributed by atoms with Gasteiger partial charge in [-0.15, -0.1) is 0 Å². The number of aromatic amines is 1. The van der Waals surface area contributed by atoms with Crippen LogP contribution in [0, 0.1) is 5.92 Å². The zero-order valence-corrected chi connectivity index (χ0v) is 16.9. The number of likely N-dealkylation sites (tertiary alicyclic amines) is 1. The van der Waals surface area contributed by atoms with Crippen molar-refractivity contribution in [3.63, 3.8) is 0 Å². The van der Waals surface area contributed by atoms with Crippen molar-refractivity contribution in [3.8, 4) is 0 Å². The summed E-state index contributed by atoms with van der Waals surface area (Å²) in [5.74, 6) is 0.755. The van der Waals surface area contributed by atoms with Crippen LogP contribution in [0.1, 0.15) is 48.2 Å². The van der Waals surface area contributed by atoms with Crippen LogP contribution < -0.4 is 10.6 Å². The fourth-order valence-corrected chi connectivity index (χ4v) is 4.18. The van der Waals surface area contributed by atoms with Gasteiger partial charge in [0.2, 0.25) is 5.91 Å². The van der Waals surface area contributed by atoms with Gasteiger partial charge in [0.05, 0.1) is 6.20 Å². The van der Waals surface area contributed by atoms with Crippen molar-refractivity contribution in [1.29, 1.82) is 0 Å². The lowest BCUT2D eigenvalue weighted by molar-refractivity contribution is -0.122. The van der Waals surface area contributed by atoms with Crippen molar-refractivity contribution < 1.29 is 9.59 Å². The Bertz CT molecular complexity index is 826. The largest absolute Gasteiger partial charge is 0.357 e. The summed E-state index contributed by atoms with van der Waals surface area (Å²) in [4.78, 5) is 30.2. The van der Waals surface area contributed by atoms with Crippen LogP contribution in [0.3, 0.4) is 0 Å². The van der Waals surface area contributed by atoms with E-state index in [1.807, 2.05) is 19.3 Å². The molecule has 1 aliphatic carbocycles. The Hall–Kier alpha value is -2.61. The Morgan fingerprint density at radius 2 is 2.03 bits per heavy atom. The van der Waals surface area contributed by atoms with Gasteiger partial charge in [-0.3, -0.25) is 19.2 Å². The van der Waals surface area contributed by atoms with E-state index in [2.05, 4.69) is 25.6 Å². The van der Waals surface area contributed by atoms with E-state index in [4.69, 9.17) is 0 Å². The summed E-state index contributed by atoms with van der Waals surface area (Å²) in [6.07, 6.45) is 10.5. The van der Waals surface area contributed by atoms with Crippen molar-refractivity contribution in [3.05, 3.63) is 42.0 Å². The van der Waals surface area contributed by atoms with Crippen LogP contribution in [0.15, 0.2) is 30.7 Å². The first kappa shape index (κ1) is 19.7. The minimum atomic E-state index is -0.0703. The van der Waals surface area contributed by atoms with E-state index in [0.717, 1.165) is 30.9 Å². The predicted molar refractivity (Wildman–Crippen MR) is 109 cm³/mol. The molecule has 2 aliphatic rings. The number of nitrogens with zero attached hydrogens (tertiary/aromatic N) is 3. The number of hydrogen-bond donors (Lipinski definition) is 3. The molecule has 2 atom stereocenters. The lowest BCUT2D eigenvalue weighted by Gasteiger charge is -2.30. The summed E-state index contributed by atoms with van der Waals surface area (Å²) in [6, 6.07) is 4.15.